The Morgan fingerprint density at radius 1 is 0.267 bits per heavy atom. The topological polar surface area (TPSA) is 16.3 Å². The van der Waals surface area contributed by atoms with Crippen molar-refractivity contribution in [3.05, 3.63) is 414 Å². The Bertz CT molecular complexity index is 6740. The number of nitrogens with zero attached hydrogens (tertiary/aromatic N) is 4. The lowest BCUT2D eigenvalue weighted by Crippen LogP contribution is -2.28. The van der Waals surface area contributed by atoms with Crippen LogP contribution in [0.25, 0.3) is 115 Å². The molecule has 5 aliphatic carbocycles. The van der Waals surface area contributed by atoms with Crippen LogP contribution in [0.2, 0.25) is 0 Å². The van der Waals surface area contributed by atoms with Crippen LogP contribution in [0.4, 0.5) is 34.1 Å². The quantitative estimate of drug-likeness (QED) is 0.111. The average Bonchev–Trinajstić information content (AvgIpc) is 1.50. The lowest BCUT2D eigenvalue weighted by atomic mass is 9.67. The second kappa shape index (κ2) is 21.9. The fourth-order valence-electron chi connectivity index (χ4n) is 20.2. The first kappa shape index (κ1) is 58.4. The molecule has 16 aromatic carbocycles. The van der Waals surface area contributed by atoms with E-state index in [1.807, 2.05) is 0 Å². The van der Waals surface area contributed by atoms with Gasteiger partial charge < -0.3 is 18.9 Å². The fraction of sp³-hybridized carbons (Fsp3) is 0.0495. The van der Waals surface area contributed by atoms with Crippen molar-refractivity contribution < 1.29 is 0 Å². The number of para-hydroxylation sites is 4. The highest BCUT2D eigenvalue weighted by molar-refractivity contribution is 6.24. The predicted molar refractivity (Wildman–Crippen MR) is 437 cm³/mol. The number of anilines is 6. The third kappa shape index (κ3) is 7.79. The van der Waals surface area contributed by atoms with Gasteiger partial charge in [0.05, 0.1) is 44.3 Å². The van der Waals surface area contributed by atoms with Crippen LogP contribution in [0, 0.1) is 5.92 Å². The van der Waals surface area contributed by atoms with Gasteiger partial charge in [-0.3, -0.25) is 0 Å². The van der Waals surface area contributed by atoms with E-state index < -0.39 is 10.8 Å². The molecule has 490 valence electrons. The van der Waals surface area contributed by atoms with Gasteiger partial charge in [-0.05, 0) is 198 Å². The molecule has 4 nitrogen and oxygen atoms in total. The lowest BCUT2D eigenvalue weighted by molar-refractivity contribution is 0.630. The highest BCUT2D eigenvalue weighted by Gasteiger charge is 2.54. The molecule has 2 unspecified atom stereocenters. The molecule has 2 aromatic heterocycles. The summed E-state index contributed by atoms with van der Waals surface area (Å²) in [5.41, 5.74) is 34.2. The lowest BCUT2D eigenvalue weighted by Gasteiger charge is -2.34. The van der Waals surface area contributed by atoms with Gasteiger partial charge in [0, 0.05) is 77.2 Å². The number of fused-ring (bicyclic) bond motifs is 27. The molecule has 2 spiro atoms. The number of aromatic nitrogens is 2. The Balaban J connectivity index is 0.698. The van der Waals surface area contributed by atoms with Crippen molar-refractivity contribution in [3.8, 4) is 44.8 Å². The fourth-order valence-corrected chi connectivity index (χ4v) is 20.2. The predicted octanol–water partition coefficient (Wildman–Crippen LogP) is 26.1. The number of hydrogen-bond acceptors (Lipinski definition) is 2. The molecule has 105 heavy (non-hydrogen) atoms. The summed E-state index contributed by atoms with van der Waals surface area (Å²) in [4.78, 5) is 5.04. The smallest absolute Gasteiger partial charge is 0.0726 e. The number of rotatable bonds is 8. The molecule has 0 radical (unpaired) electrons. The van der Waals surface area contributed by atoms with Gasteiger partial charge in [-0.1, -0.05) is 274 Å². The zero-order valence-electron chi connectivity index (χ0n) is 57.7. The van der Waals surface area contributed by atoms with Crippen LogP contribution in [0.3, 0.4) is 0 Å². The van der Waals surface area contributed by atoms with Crippen LogP contribution in [0.5, 0.6) is 0 Å². The van der Waals surface area contributed by atoms with Crippen LogP contribution < -0.4 is 9.80 Å². The zero-order chi connectivity index (χ0) is 68.8. The zero-order valence-corrected chi connectivity index (χ0v) is 57.7. The van der Waals surface area contributed by atoms with Gasteiger partial charge in [-0.15, -0.1) is 0 Å². The summed E-state index contributed by atoms with van der Waals surface area (Å²) in [5, 5.41) is 9.35. The molecule has 0 amide bonds. The molecule has 0 bridgehead atoms. The maximum absolute atomic E-state index is 2.55. The van der Waals surface area contributed by atoms with Gasteiger partial charge in [-0.2, -0.15) is 0 Å². The van der Waals surface area contributed by atoms with E-state index in [0.29, 0.717) is 5.92 Å². The maximum Gasteiger partial charge on any atom is 0.0726 e. The molecule has 0 N–H and O–H groups in total. The molecule has 0 aliphatic heterocycles. The first-order valence-corrected chi connectivity index (χ1v) is 36.9. The van der Waals surface area contributed by atoms with E-state index >= 15 is 0 Å². The van der Waals surface area contributed by atoms with Crippen molar-refractivity contribution in [2.24, 2.45) is 5.92 Å². The van der Waals surface area contributed by atoms with E-state index in [4.69, 9.17) is 0 Å². The minimum Gasteiger partial charge on any atom is -0.309 e. The molecule has 0 fully saturated rings. The van der Waals surface area contributed by atoms with Crippen molar-refractivity contribution in [2.75, 3.05) is 9.80 Å². The minimum absolute atomic E-state index is 0.398. The third-order valence-corrected chi connectivity index (χ3v) is 24.2. The van der Waals surface area contributed by atoms with Crippen LogP contribution in [0.1, 0.15) is 57.9 Å². The molecule has 2 heterocycles. The molecule has 0 saturated carbocycles. The molecule has 23 rings (SSSR count). The Hall–Kier alpha value is -13.3. The Morgan fingerprint density at radius 3 is 1.04 bits per heavy atom. The molecule has 4 heteroatoms. The third-order valence-electron chi connectivity index (χ3n) is 24.2. The van der Waals surface area contributed by atoms with Gasteiger partial charge in [0.1, 0.15) is 0 Å². The van der Waals surface area contributed by atoms with Gasteiger partial charge in [0.2, 0.25) is 0 Å². The van der Waals surface area contributed by atoms with Gasteiger partial charge >= 0.3 is 0 Å². The van der Waals surface area contributed by atoms with Crippen molar-refractivity contribution in [2.45, 2.75) is 24.2 Å². The minimum atomic E-state index is -0.465. The van der Waals surface area contributed by atoms with E-state index in [-0.39, 0.29) is 0 Å². The molecule has 18 aromatic rings. The van der Waals surface area contributed by atoms with Crippen molar-refractivity contribution in [1.82, 2.24) is 9.13 Å². The standard InChI is InChI=1S/C101H66N4/c1-63-48-53-75-72-32-15-22-44-89(72)101(91(75)58-63)90-45-23-16-34-74(90)77-55-50-69(62-93(77)101)105-95-47-25-18-36-79(95)85-60-67(52-57-97(85)105)103(65-28-6-3-7-29-65)99-82-39-10-8-37-80(82)98(81-38-9-11-40-83(81)99)102(64-26-4-2-5-27-64)66-51-56-96-84(59-66)78-35-17-24-46-94(78)104(96)68-49-54-76-73-33-14-21-43-88(73)100(92(76)61-68)86-41-19-12-30-70(86)71-31-13-20-42-87(71)100/h2-57,59-63H,58H2,1H3. The SMILES string of the molecule is CC1C=CC2=C(C1)C1(c3ccccc32)c2ccccc2-c2ccc(-n3c4ccccc4c4cc(N(c5ccccc5)c5c6ccccc6c(N(c6ccccc6)c6ccc7c(c6)c6ccccc6n7-c6ccc7c(c6)C6(c8ccccc8-c8ccccc86)c6ccccc6-7)c6ccccc56)ccc43)cc21. The van der Waals surface area contributed by atoms with Crippen LogP contribution >= 0.6 is 0 Å². The summed E-state index contributed by atoms with van der Waals surface area (Å²) >= 11 is 0. The van der Waals surface area contributed by atoms with E-state index in [1.165, 1.54) is 122 Å². The van der Waals surface area contributed by atoms with Crippen molar-refractivity contribution >= 4 is 105 Å². The molecular weight excluding hydrogens is 1270 g/mol. The monoisotopic (exact) mass is 1330 g/mol. The summed E-state index contributed by atoms with van der Waals surface area (Å²) in [6.45, 7) is 2.37. The molecule has 2 atom stereocenters. The van der Waals surface area contributed by atoms with Crippen LogP contribution in [-0.4, -0.2) is 9.13 Å². The second-order valence-electron chi connectivity index (χ2n) is 29.4. The summed E-state index contributed by atoms with van der Waals surface area (Å²) in [6, 6.07) is 133. The number of hydrogen-bond donors (Lipinski definition) is 0. The highest BCUT2D eigenvalue weighted by atomic mass is 15.2. The van der Waals surface area contributed by atoms with Gasteiger partial charge in [0.25, 0.3) is 0 Å². The second-order valence-corrected chi connectivity index (χ2v) is 29.4. The summed E-state index contributed by atoms with van der Waals surface area (Å²) in [6.07, 6.45) is 5.85. The summed E-state index contributed by atoms with van der Waals surface area (Å²) in [5.74, 6) is 0.435. The Kier molecular flexibility index (Phi) is 12.2. The average molecular weight is 1340 g/mol. The van der Waals surface area contributed by atoms with Crippen molar-refractivity contribution in [1.29, 1.82) is 0 Å². The Labute approximate surface area is 608 Å². The van der Waals surface area contributed by atoms with E-state index in [1.54, 1.807) is 0 Å². The van der Waals surface area contributed by atoms with E-state index in [0.717, 1.165) is 84.5 Å². The highest BCUT2D eigenvalue weighted by Crippen LogP contribution is 2.66. The maximum atomic E-state index is 2.55. The van der Waals surface area contributed by atoms with Gasteiger partial charge in [-0.25, -0.2) is 0 Å². The summed E-state index contributed by atoms with van der Waals surface area (Å²) in [7, 11) is 0. The number of allylic oxidation sites excluding steroid dienone is 4. The molecule has 5 aliphatic rings. The summed E-state index contributed by atoms with van der Waals surface area (Å²) < 4.78 is 5.04. The van der Waals surface area contributed by atoms with Gasteiger partial charge in [0.15, 0.2) is 0 Å². The molecule has 0 saturated heterocycles. The molecular formula is C101H66N4. The Morgan fingerprint density at radius 2 is 0.600 bits per heavy atom. The van der Waals surface area contributed by atoms with E-state index in [9.17, 15) is 0 Å². The largest absolute Gasteiger partial charge is 0.309 e. The van der Waals surface area contributed by atoms with Crippen LogP contribution in [0.15, 0.2) is 370 Å². The first-order valence-electron chi connectivity index (χ1n) is 36.9. The van der Waals surface area contributed by atoms with E-state index in [2.05, 4.69) is 390 Å². The normalized spacial score (nSPS) is 16.0. The first-order chi connectivity index (χ1) is 52.0. The van der Waals surface area contributed by atoms with Crippen molar-refractivity contribution in [3.63, 3.8) is 0 Å². The number of benzene rings is 16. The van der Waals surface area contributed by atoms with Crippen LogP contribution in [-0.2, 0) is 10.8 Å².